The van der Waals surface area contributed by atoms with Crippen LogP contribution in [0, 0.1) is 0 Å². The van der Waals surface area contributed by atoms with E-state index in [-0.39, 0.29) is 28.6 Å². The molecule has 0 aromatic rings. The highest BCUT2D eigenvalue weighted by Gasteiger charge is 2.29. The second-order valence-corrected chi connectivity index (χ2v) is 37.0. The first-order valence-corrected chi connectivity index (χ1v) is 27.0. The average Bonchev–Trinajstić information content (AvgIpc) is 2.58. The molecule has 0 fully saturated rings. The topological polar surface area (TPSA) is 9.23 Å². The van der Waals surface area contributed by atoms with E-state index in [0.717, 1.165) is 12.2 Å². The van der Waals surface area contributed by atoms with Crippen LogP contribution in [0.25, 0.3) is 0 Å². The Kier molecular flexibility index (Phi) is 13.5. The van der Waals surface area contributed by atoms with Gasteiger partial charge in [-0.15, -0.1) is 22.8 Å². The van der Waals surface area contributed by atoms with Gasteiger partial charge in [0.25, 0.3) is 0 Å². The third-order valence-electron chi connectivity index (χ3n) is 6.16. The Morgan fingerprint density at radius 1 is 0.828 bits per heavy atom. The predicted molar refractivity (Wildman–Crippen MR) is 156 cm³/mol. The molecule has 0 N–H and O–H groups in total. The minimum atomic E-state index is -1.22. The van der Waals surface area contributed by atoms with Crippen LogP contribution in [-0.2, 0) is 4.74 Å². The third-order valence-corrected chi connectivity index (χ3v) is 38.8. The molecule has 0 bridgehead atoms. The van der Waals surface area contributed by atoms with Gasteiger partial charge in [-0.3, -0.25) is 0 Å². The number of allylic oxidation sites excluding steroid dienone is 2. The van der Waals surface area contributed by atoms with Gasteiger partial charge >= 0.3 is 0 Å². The normalized spacial score (nSPS) is 14.2. The number of hydrogen-bond acceptors (Lipinski definition) is 1. The van der Waals surface area contributed by atoms with Crippen LogP contribution in [0.1, 0.15) is 13.3 Å². The second kappa shape index (κ2) is 13.5. The van der Waals surface area contributed by atoms with Crippen molar-refractivity contribution in [2.75, 3.05) is 6.61 Å². The third kappa shape index (κ3) is 14.7. The van der Waals surface area contributed by atoms with E-state index in [1.807, 2.05) is 13.0 Å². The zero-order valence-corrected chi connectivity index (χ0v) is 28.3. The Balaban J connectivity index is 4.25. The molecule has 0 saturated heterocycles. The largest absolute Gasteiger partial charge is 0.501 e. The van der Waals surface area contributed by atoms with Gasteiger partial charge in [0, 0.05) is 36.6 Å². The van der Waals surface area contributed by atoms with Crippen molar-refractivity contribution in [1.82, 2.24) is 0 Å². The van der Waals surface area contributed by atoms with Gasteiger partial charge in [-0.2, -0.15) is 0 Å². The molecule has 0 atom stereocenters. The Bertz CT molecular complexity index is 572. The maximum Gasteiger partial charge on any atom is 0.0870 e. The zero-order chi connectivity index (χ0) is 22.7. The number of rotatable bonds is 16. The highest BCUT2D eigenvalue weighted by molar-refractivity contribution is 7.04. The van der Waals surface area contributed by atoms with Crippen molar-refractivity contribution in [2.24, 2.45) is 0 Å². The molecule has 0 aliphatic heterocycles. The van der Waals surface area contributed by atoms with Gasteiger partial charge in [-0.05, 0) is 19.4 Å². The summed E-state index contributed by atoms with van der Waals surface area (Å²) >= 11 is 0. The van der Waals surface area contributed by atoms with Crippen molar-refractivity contribution in [2.45, 2.75) is 82.2 Å². The summed E-state index contributed by atoms with van der Waals surface area (Å²) in [5.41, 5.74) is 5.64. The summed E-state index contributed by atoms with van der Waals surface area (Å²) in [5.74, 6) is 0. The lowest BCUT2D eigenvalue weighted by Crippen LogP contribution is -2.39. The van der Waals surface area contributed by atoms with E-state index in [4.69, 9.17) is 4.74 Å². The summed E-state index contributed by atoms with van der Waals surface area (Å²) in [7, 11) is -3.50. The van der Waals surface area contributed by atoms with E-state index < -0.39 is 24.2 Å². The van der Waals surface area contributed by atoms with Gasteiger partial charge < -0.3 is 4.74 Å². The molecule has 0 aromatic heterocycles. The van der Waals surface area contributed by atoms with E-state index >= 15 is 0 Å². The Morgan fingerprint density at radius 2 is 1.34 bits per heavy atom. The number of hydrogen-bond donors (Lipinski definition) is 0. The van der Waals surface area contributed by atoms with Gasteiger partial charge in [0.2, 0.25) is 0 Å². The summed E-state index contributed by atoms with van der Waals surface area (Å²) in [6.45, 7) is 33.9. The molecule has 0 aliphatic carbocycles. The van der Waals surface area contributed by atoms with Gasteiger partial charge in [0.15, 0.2) is 0 Å². The lowest BCUT2D eigenvalue weighted by molar-refractivity contribution is 0.250. The SMILES string of the molecule is C=C(C)C=COCCC[SiH2]C[Si](C)(C)C(=C)[SiH2]C[Si](C)(C)C(=C)[SiH2]C[Si](C)(C)C. The minimum Gasteiger partial charge on any atom is -0.501 e. The van der Waals surface area contributed by atoms with Crippen molar-refractivity contribution in [3.63, 3.8) is 0 Å². The molecule has 0 aromatic carbocycles. The first kappa shape index (κ1) is 29.1. The van der Waals surface area contributed by atoms with Crippen LogP contribution in [0.15, 0.2) is 47.3 Å². The highest BCUT2D eigenvalue weighted by atomic mass is 28.4. The van der Waals surface area contributed by atoms with Gasteiger partial charge in [-0.1, -0.05) is 81.0 Å². The Labute approximate surface area is 193 Å². The standard InChI is InChI=1S/C22H50OSi6/c1-20(2)13-15-23-14-12-16-24-17-28(8,9)22(4)26-19-29(10,11)21(3)25-18-27(5,6)7/h13,15H,1,3-4,12,14,16-19,24-26H2,2,5-11H3. The van der Waals surface area contributed by atoms with Crippen LogP contribution in [0.4, 0.5) is 0 Å². The van der Waals surface area contributed by atoms with E-state index in [0.29, 0.717) is 0 Å². The maximum atomic E-state index is 5.55. The van der Waals surface area contributed by atoms with Crippen LogP contribution >= 0.6 is 0 Å². The Hall–Kier alpha value is 0.0613. The summed E-state index contributed by atoms with van der Waals surface area (Å²) < 4.78 is 5.55. The van der Waals surface area contributed by atoms with Gasteiger partial charge in [-0.25, -0.2) is 0 Å². The zero-order valence-electron chi connectivity index (χ0n) is 21.0. The first-order valence-electron chi connectivity index (χ1n) is 11.5. The van der Waals surface area contributed by atoms with Crippen molar-refractivity contribution in [3.05, 3.63) is 47.3 Å². The van der Waals surface area contributed by atoms with Crippen LogP contribution in [0.3, 0.4) is 0 Å². The lowest BCUT2D eigenvalue weighted by Gasteiger charge is -2.30. The monoisotopic (exact) mass is 498 g/mol. The maximum absolute atomic E-state index is 5.55. The molecule has 0 radical (unpaired) electrons. The minimum absolute atomic E-state index is 0.0305. The van der Waals surface area contributed by atoms with E-state index in [1.165, 1.54) is 23.8 Å². The summed E-state index contributed by atoms with van der Waals surface area (Å²) in [4.78, 5) is 3.51. The highest BCUT2D eigenvalue weighted by Crippen LogP contribution is 2.24. The molecule has 0 rings (SSSR count). The molecule has 0 heterocycles. The molecule has 0 saturated carbocycles. The van der Waals surface area contributed by atoms with E-state index in [9.17, 15) is 0 Å². The fourth-order valence-electron chi connectivity index (χ4n) is 3.18. The molecule has 7 heteroatoms. The lowest BCUT2D eigenvalue weighted by atomic mass is 10.3. The fourth-order valence-corrected chi connectivity index (χ4v) is 29.9. The van der Waals surface area contributed by atoms with Crippen LogP contribution in [0.2, 0.25) is 68.9 Å². The smallest absolute Gasteiger partial charge is 0.0870 e. The first-order chi connectivity index (χ1) is 13.2. The average molecular weight is 499 g/mol. The van der Waals surface area contributed by atoms with Gasteiger partial charge in [0.1, 0.15) is 0 Å². The molecular weight excluding hydrogens is 449 g/mol. The molecule has 0 aliphatic rings. The summed E-state index contributed by atoms with van der Waals surface area (Å²) in [6, 6.07) is 1.41. The quantitative estimate of drug-likeness (QED) is 0.124. The molecule has 0 spiro atoms. The fraction of sp³-hybridized carbons (Fsp3) is 0.636. The van der Waals surface area contributed by atoms with Crippen LogP contribution in [-0.4, -0.2) is 59.4 Å². The Morgan fingerprint density at radius 3 is 1.86 bits per heavy atom. The van der Waals surface area contributed by atoms with E-state index in [1.54, 1.807) is 21.6 Å². The summed E-state index contributed by atoms with van der Waals surface area (Å²) in [6.07, 6.45) is 4.94. The van der Waals surface area contributed by atoms with Crippen molar-refractivity contribution < 1.29 is 4.74 Å². The van der Waals surface area contributed by atoms with Gasteiger partial charge in [0.05, 0.1) is 29.0 Å². The molecular formula is C22H50OSi6. The molecule has 1 nitrogen and oxygen atoms in total. The predicted octanol–water partition coefficient (Wildman–Crippen LogP) is 5.14. The molecule has 0 amide bonds. The molecule has 29 heavy (non-hydrogen) atoms. The molecule has 0 unspecified atom stereocenters. The van der Waals surface area contributed by atoms with Crippen molar-refractivity contribution in [1.29, 1.82) is 0 Å². The molecule has 168 valence electrons. The second-order valence-electron chi connectivity index (χ2n) is 11.4. The van der Waals surface area contributed by atoms with Crippen LogP contribution < -0.4 is 0 Å². The van der Waals surface area contributed by atoms with Crippen LogP contribution in [0.5, 0.6) is 0 Å². The van der Waals surface area contributed by atoms with Crippen molar-refractivity contribution >= 4 is 52.8 Å². The number of ether oxygens (including phenoxy) is 1. The summed E-state index contributed by atoms with van der Waals surface area (Å²) in [5, 5.41) is 0. The van der Waals surface area contributed by atoms with Crippen molar-refractivity contribution in [3.8, 4) is 0 Å². The van der Waals surface area contributed by atoms with E-state index in [2.05, 4.69) is 65.6 Å².